The third kappa shape index (κ3) is 6.50. The molecule has 1 aromatic rings. The Labute approximate surface area is 172 Å². The predicted molar refractivity (Wildman–Crippen MR) is 113 cm³/mol. The summed E-state index contributed by atoms with van der Waals surface area (Å²) in [7, 11) is 1.41. The maximum atomic E-state index is 11.2. The number of methoxy groups -OCH3 is 1. The summed E-state index contributed by atoms with van der Waals surface area (Å²) in [4.78, 5) is 20.5. The minimum Gasteiger partial charge on any atom is -0.469 e. The average molecular weight is 409 g/mol. The molecule has 1 saturated heterocycles. The van der Waals surface area contributed by atoms with E-state index in [1.54, 1.807) is 11.8 Å². The molecule has 1 heterocycles. The van der Waals surface area contributed by atoms with Gasteiger partial charge in [0, 0.05) is 30.0 Å². The molecular weight excluding hydrogens is 376 g/mol. The summed E-state index contributed by atoms with van der Waals surface area (Å²) in [5, 5.41) is 4.54. The second kappa shape index (κ2) is 11.4. The molecule has 0 radical (unpaired) electrons. The number of oxime groups is 1. The highest BCUT2D eigenvalue weighted by atomic mass is 32.2. The van der Waals surface area contributed by atoms with E-state index >= 15 is 0 Å². The zero-order valence-electron chi connectivity index (χ0n) is 17.4. The van der Waals surface area contributed by atoms with Gasteiger partial charge in [-0.2, -0.15) is 0 Å². The van der Waals surface area contributed by atoms with E-state index in [1.165, 1.54) is 12.0 Å². The number of thioether (sulfide) groups is 1. The van der Waals surface area contributed by atoms with Gasteiger partial charge in [-0.05, 0) is 45.1 Å². The molecule has 0 unspecified atom stereocenters. The van der Waals surface area contributed by atoms with E-state index in [4.69, 9.17) is 9.57 Å². The molecule has 1 aromatic carbocycles. The molecule has 0 aliphatic carbocycles. The van der Waals surface area contributed by atoms with Crippen molar-refractivity contribution in [3.05, 3.63) is 29.8 Å². The van der Waals surface area contributed by atoms with Crippen molar-refractivity contribution in [3.8, 4) is 0 Å². The zero-order valence-corrected chi connectivity index (χ0v) is 18.2. The first-order chi connectivity index (χ1) is 13.5. The smallest absolute Gasteiger partial charge is 0.305 e. The Hall–Kier alpha value is -1.57. The molecule has 6 nitrogen and oxygen atoms in total. The lowest BCUT2D eigenvalue weighted by Crippen LogP contribution is -2.54. The monoisotopic (exact) mass is 408 g/mol. The molecule has 28 heavy (non-hydrogen) atoms. The standard InChI is InChI=1S/C21H32N2O4S/c1-21(2,23-12-15-26-16-13-23)20(17-8-10-18(28-4)11-9-17)22-27-14-6-5-7-19(24)25-3/h8-11H,5-7,12-16H2,1-4H3. The molecule has 7 heteroatoms. The number of hydrogen-bond donors (Lipinski definition) is 0. The lowest BCUT2D eigenvalue weighted by Gasteiger charge is -2.41. The second-order valence-electron chi connectivity index (χ2n) is 7.19. The molecule has 0 spiro atoms. The fraction of sp³-hybridized carbons (Fsp3) is 0.619. The Kier molecular flexibility index (Phi) is 9.28. The second-order valence-corrected chi connectivity index (χ2v) is 8.07. The van der Waals surface area contributed by atoms with E-state index in [0.717, 1.165) is 50.4 Å². The molecule has 0 amide bonds. The van der Waals surface area contributed by atoms with Crippen molar-refractivity contribution in [3.63, 3.8) is 0 Å². The molecule has 156 valence electrons. The van der Waals surface area contributed by atoms with Crippen LogP contribution in [0.15, 0.2) is 34.3 Å². The van der Waals surface area contributed by atoms with E-state index in [9.17, 15) is 4.79 Å². The summed E-state index contributed by atoms with van der Waals surface area (Å²) in [6.07, 6.45) is 3.97. The van der Waals surface area contributed by atoms with Crippen molar-refractivity contribution < 1.29 is 19.1 Å². The number of esters is 1. The molecule has 1 fully saturated rings. The predicted octanol–water partition coefficient (Wildman–Crippen LogP) is 3.58. The topological polar surface area (TPSA) is 60.4 Å². The first kappa shape index (κ1) is 22.7. The fourth-order valence-corrected chi connectivity index (χ4v) is 3.60. The summed E-state index contributed by atoms with van der Waals surface area (Å²) < 4.78 is 10.2. The first-order valence-electron chi connectivity index (χ1n) is 9.73. The highest BCUT2D eigenvalue weighted by molar-refractivity contribution is 7.98. The third-order valence-electron chi connectivity index (χ3n) is 4.99. The van der Waals surface area contributed by atoms with Crippen LogP contribution in [0.2, 0.25) is 0 Å². The van der Waals surface area contributed by atoms with Crippen LogP contribution in [-0.2, 0) is 19.1 Å². The normalized spacial score (nSPS) is 16.1. The van der Waals surface area contributed by atoms with Crippen LogP contribution >= 0.6 is 11.8 Å². The molecule has 0 atom stereocenters. The number of carbonyl (C=O) groups is 1. The number of ether oxygens (including phenoxy) is 2. The van der Waals surface area contributed by atoms with E-state index in [0.29, 0.717) is 13.0 Å². The zero-order chi connectivity index (χ0) is 20.4. The summed E-state index contributed by atoms with van der Waals surface area (Å²) in [6, 6.07) is 8.43. The number of morpholine rings is 1. The van der Waals surface area contributed by atoms with E-state index in [1.807, 2.05) is 0 Å². The van der Waals surface area contributed by atoms with Crippen LogP contribution < -0.4 is 0 Å². The summed E-state index contributed by atoms with van der Waals surface area (Å²) >= 11 is 1.72. The number of carbonyl (C=O) groups excluding carboxylic acids is 1. The molecule has 1 aliphatic heterocycles. The lowest BCUT2D eigenvalue weighted by molar-refractivity contribution is -0.140. The fourth-order valence-electron chi connectivity index (χ4n) is 3.19. The lowest BCUT2D eigenvalue weighted by atomic mass is 9.90. The van der Waals surface area contributed by atoms with Crippen LogP contribution in [0.3, 0.4) is 0 Å². The maximum absolute atomic E-state index is 11.2. The number of benzene rings is 1. The Bertz CT molecular complexity index is 640. The Morgan fingerprint density at radius 3 is 2.50 bits per heavy atom. The van der Waals surface area contributed by atoms with Crippen molar-refractivity contribution in [2.75, 3.05) is 46.3 Å². The van der Waals surface area contributed by atoms with Gasteiger partial charge in [-0.25, -0.2) is 0 Å². The van der Waals surface area contributed by atoms with Gasteiger partial charge in [0.05, 0.1) is 25.9 Å². The molecule has 0 saturated carbocycles. The number of hydrogen-bond acceptors (Lipinski definition) is 7. The SMILES string of the molecule is COC(=O)CCCCON=C(c1ccc(SC)cc1)C(C)(C)N1CCOCC1. The van der Waals surface area contributed by atoms with Gasteiger partial charge in [-0.1, -0.05) is 17.3 Å². The Balaban J connectivity index is 2.09. The van der Waals surface area contributed by atoms with Crippen LogP contribution in [-0.4, -0.2) is 68.4 Å². The maximum Gasteiger partial charge on any atom is 0.305 e. The van der Waals surface area contributed by atoms with Gasteiger partial charge in [0.15, 0.2) is 0 Å². The molecule has 0 N–H and O–H groups in total. The van der Waals surface area contributed by atoms with Crippen LogP contribution in [0, 0.1) is 0 Å². The molecule has 0 aromatic heterocycles. The van der Waals surface area contributed by atoms with Crippen molar-refractivity contribution in [2.24, 2.45) is 5.16 Å². The number of unbranched alkanes of at least 4 members (excludes halogenated alkanes) is 1. The van der Waals surface area contributed by atoms with Crippen molar-refractivity contribution in [2.45, 2.75) is 43.5 Å². The van der Waals surface area contributed by atoms with E-state index in [2.05, 4.69) is 59.2 Å². The van der Waals surface area contributed by atoms with Crippen molar-refractivity contribution >= 4 is 23.4 Å². The number of rotatable bonds is 10. The highest BCUT2D eigenvalue weighted by Gasteiger charge is 2.35. The molecule has 0 bridgehead atoms. The molecule has 2 rings (SSSR count). The van der Waals surface area contributed by atoms with Gasteiger partial charge in [-0.15, -0.1) is 11.8 Å². The van der Waals surface area contributed by atoms with Crippen LogP contribution in [0.4, 0.5) is 0 Å². The molecular formula is C21H32N2O4S. The van der Waals surface area contributed by atoms with Gasteiger partial charge in [0.1, 0.15) is 12.3 Å². The van der Waals surface area contributed by atoms with Gasteiger partial charge in [0.2, 0.25) is 0 Å². The summed E-state index contributed by atoms with van der Waals surface area (Å²) in [5.41, 5.74) is 1.69. The first-order valence-corrected chi connectivity index (χ1v) is 11.0. The van der Waals surface area contributed by atoms with Gasteiger partial charge in [-0.3, -0.25) is 9.69 Å². The largest absolute Gasteiger partial charge is 0.469 e. The van der Waals surface area contributed by atoms with E-state index < -0.39 is 0 Å². The minimum atomic E-state index is -0.281. The van der Waals surface area contributed by atoms with Crippen molar-refractivity contribution in [1.82, 2.24) is 4.90 Å². The molecule has 1 aliphatic rings. The van der Waals surface area contributed by atoms with Gasteiger partial charge >= 0.3 is 5.97 Å². The average Bonchev–Trinajstić information content (AvgIpc) is 2.73. The van der Waals surface area contributed by atoms with Gasteiger partial charge in [0.25, 0.3) is 0 Å². The highest BCUT2D eigenvalue weighted by Crippen LogP contribution is 2.25. The number of nitrogens with zero attached hydrogens (tertiary/aromatic N) is 2. The van der Waals surface area contributed by atoms with Crippen LogP contribution in [0.5, 0.6) is 0 Å². The quantitative estimate of drug-likeness (QED) is 0.194. The van der Waals surface area contributed by atoms with E-state index in [-0.39, 0.29) is 11.5 Å². The van der Waals surface area contributed by atoms with Crippen LogP contribution in [0.25, 0.3) is 0 Å². The van der Waals surface area contributed by atoms with Gasteiger partial charge < -0.3 is 14.3 Å². The summed E-state index contributed by atoms with van der Waals surface area (Å²) in [6.45, 7) is 8.04. The van der Waals surface area contributed by atoms with Crippen LogP contribution in [0.1, 0.15) is 38.7 Å². The third-order valence-corrected chi connectivity index (χ3v) is 5.74. The minimum absolute atomic E-state index is 0.188. The Morgan fingerprint density at radius 2 is 1.89 bits per heavy atom. The van der Waals surface area contributed by atoms with Crippen molar-refractivity contribution in [1.29, 1.82) is 0 Å². The summed E-state index contributed by atoms with van der Waals surface area (Å²) in [5.74, 6) is -0.188. The Morgan fingerprint density at radius 1 is 1.21 bits per heavy atom.